The molecule has 1 unspecified atom stereocenters. The Morgan fingerprint density at radius 1 is 1.48 bits per heavy atom. The van der Waals surface area contributed by atoms with Gasteiger partial charge in [-0.25, -0.2) is 4.39 Å². The van der Waals surface area contributed by atoms with E-state index in [2.05, 4.69) is 5.32 Å². The van der Waals surface area contributed by atoms with Gasteiger partial charge in [0, 0.05) is 24.8 Å². The standard InChI is InChI=1S/C16H24FN3O/c1-11(2)19-10-12-9-13(17)6-7-14(12)20-8-4-3-5-15(20)16(18)21/h6-7,9,11,15,19H,3-5,8,10H2,1-2H3,(H2,18,21). The summed E-state index contributed by atoms with van der Waals surface area (Å²) in [4.78, 5) is 13.7. The van der Waals surface area contributed by atoms with Gasteiger partial charge in [0.2, 0.25) is 5.91 Å². The quantitative estimate of drug-likeness (QED) is 0.874. The van der Waals surface area contributed by atoms with E-state index in [-0.39, 0.29) is 17.8 Å². The lowest BCUT2D eigenvalue weighted by molar-refractivity contribution is -0.119. The zero-order valence-electron chi connectivity index (χ0n) is 12.7. The Labute approximate surface area is 125 Å². The molecule has 1 aliphatic heterocycles. The molecule has 1 aromatic carbocycles. The number of hydrogen-bond acceptors (Lipinski definition) is 3. The summed E-state index contributed by atoms with van der Waals surface area (Å²) in [6, 6.07) is 4.77. The third-order valence-corrected chi connectivity index (χ3v) is 3.88. The minimum atomic E-state index is -0.304. The fraction of sp³-hybridized carbons (Fsp3) is 0.562. The lowest BCUT2D eigenvalue weighted by Crippen LogP contribution is -2.48. The van der Waals surface area contributed by atoms with Gasteiger partial charge in [0.15, 0.2) is 0 Å². The van der Waals surface area contributed by atoms with Crippen molar-refractivity contribution in [2.24, 2.45) is 5.73 Å². The summed E-state index contributed by atoms with van der Waals surface area (Å²) in [7, 11) is 0. The number of nitrogens with two attached hydrogens (primary N) is 1. The molecule has 1 atom stereocenters. The fourth-order valence-electron chi connectivity index (χ4n) is 2.81. The van der Waals surface area contributed by atoms with Gasteiger partial charge in [-0.1, -0.05) is 13.8 Å². The molecular weight excluding hydrogens is 269 g/mol. The third-order valence-electron chi connectivity index (χ3n) is 3.88. The molecule has 0 saturated carbocycles. The Kier molecular flexibility index (Phi) is 5.17. The van der Waals surface area contributed by atoms with Gasteiger partial charge < -0.3 is 16.0 Å². The van der Waals surface area contributed by atoms with E-state index in [9.17, 15) is 9.18 Å². The molecule has 0 spiro atoms. The van der Waals surface area contributed by atoms with Crippen molar-refractivity contribution >= 4 is 11.6 Å². The lowest BCUT2D eigenvalue weighted by Gasteiger charge is -2.37. The molecule has 1 heterocycles. The van der Waals surface area contributed by atoms with Gasteiger partial charge in [-0.2, -0.15) is 0 Å². The predicted molar refractivity (Wildman–Crippen MR) is 82.6 cm³/mol. The van der Waals surface area contributed by atoms with Gasteiger partial charge >= 0.3 is 0 Å². The van der Waals surface area contributed by atoms with Crippen molar-refractivity contribution in [1.29, 1.82) is 0 Å². The molecule has 1 fully saturated rings. The van der Waals surface area contributed by atoms with Gasteiger partial charge in [0.05, 0.1) is 0 Å². The van der Waals surface area contributed by atoms with Gasteiger partial charge in [-0.05, 0) is 43.0 Å². The summed E-state index contributed by atoms with van der Waals surface area (Å²) in [5, 5.41) is 3.30. The first-order valence-electron chi connectivity index (χ1n) is 7.57. The summed E-state index contributed by atoms with van der Waals surface area (Å²) < 4.78 is 13.6. The SMILES string of the molecule is CC(C)NCc1cc(F)ccc1N1CCCCC1C(N)=O. The molecular formula is C16H24FN3O. The Balaban J connectivity index is 2.29. The highest BCUT2D eigenvalue weighted by atomic mass is 19.1. The number of anilines is 1. The number of amides is 1. The maximum Gasteiger partial charge on any atom is 0.240 e. The zero-order valence-corrected chi connectivity index (χ0v) is 12.7. The third kappa shape index (κ3) is 3.94. The topological polar surface area (TPSA) is 58.4 Å². The van der Waals surface area contributed by atoms with Crippen LogP contribution in [0.25, 0.3) is 0 Å². The number of hydrogen-bond donors (Lipinski definition) is 2. The van der Waals surface area contributed by atoms with E-state index in [0.717, 1.165) is 37.1 Å². The van der Waals surface area contributed by atoms with Crippen molar-refractivity contribution in [3.63, 3.8) is 0 Å². The van der Waals surface area contributed by atoms with Crippen molar-refractivity contribution in [3.05, 3.63) is 29.6 Å². The number of piperidine rings is 1. The van der Waals surface area contributed by atoms with Crippen molar-refractivity contribution in [2.75, 3.05) is 11.4 Å². The summed E-state index contributed by atoms with van der Waals surface area (Å²) in [6.45, 7) is 5.46. The molecule has 5 heteroatoms. The Bertz CT molecular complexity index is 504. The number of nitrogens with one attached hydrogen (secondary N) is 1. The van der Waals surface area contributed by atoms with Crippen LogP contribution in [0.3, 0.4) is 0 Å². The number of nitrogens with zero attached hydrogens (tertiary/aromatic N) is 1. The van der Waals surface area contributed by atoms with Gasteiger partial charge in [0.1, 0.15) is 11.9 Å². The average molecular weight is 293 g/mol. The van der Waals surface area contributed by atoms with Crippen molar-refractivity contribution in [1.82, 2.24) is 5.32 Å². The van der Waals surface area contributed by atoms with Crippen molar-refractivity contribution in [2.45, 2.75) is 51.7 Å². The van der Waals surface area contributed by atoms with Gasteiger partial charge in [-0.15, -0.1) is 0 Å². The number of carbonyl (C=O) groups excluding carboxylic acids is 1. The molecule has 1 amide bonds. The van der Waals surface area contributed by atoms with Gasteiger partial charge in [0.25, 0.3) is 0 Å². The van der Waals surface area contributed by atoms with Crippen LogP contribution in [-0.2, 0) is 11.3 Å². The average Bonchev–Trinajstić information content (AvgIpc) is 2.45. The van der Waals surface area contributed by atoms with E-state index in [1.807, 2.05) is 18.7 Å². The normalized spacial score (nSPS) is 19.0. The lowest BCUT2D eigenvalue weighted by atomic mass is 9.99. The largest absolute Gasteiger partial charge is 0.368 e. The van der Waals surface area contributed by atoms with Gasteiger partial charge in [-0.3, -0.25) is 4.79 Å². The maximum absolute atomic E-state index is 13.6. The summed E-state index contributed by atoms with van der Waals surface area (Å²) in [5.41, 5.74) is 7.31. The smallest absolute Gasteiger partial charge is 0.240 e. The van der Waals surface area contributed by atoms with E-state index < -0.39 is 0 Å². The van der Waals surface area contributed by atoms with Crippen LogP contribution in [0.4, 0.5) is 10.1 Å². The Morgan fingerprint density at radius 2 is 2.24 bits per heavy atom. The van der Waals surface area contributed by atoms with Crippen molar-refractivity contribution < 1.29 is 9.18 Å². The molecule has 1 aromatic rings. The highest BCUT2D eigenvalue weighted by molar-refractivity contribution is 5.84. The molecule has 0 aliphatic carbocycles. The molecule has 21 heavy (non-hydrogen) atoms. The summed E-state index contributed by atoms with van der Waals surface area (Å²) in [6.07, 6.45) is 2.80. The van der Waals surface area contributed by atoms with Crippen LogP contribution in [0, 0.1) is 5.82 Å². The molecule has 0 bridgehead atoms. The number of benzene rings is 1. The molecule has 0 radical (unpaired) electrons. The molecule has 116 valence electrons. The molecule has 1 saturated heterocycles. The monoisotopic (exact) mass is 293 g/mol. The first-order valence-corrected chi connectivity index (χ1v) is 7.57. The summed E-state index contributed by atoms with van der Waals surface area (Å²) >= 11 is 0. The first-order chi connectivity index (χ1) is 9.99. The Hall–Kier alpha value is -1.62. The van der Waals surface area contributed by atoms with Crippen LogP contribution in [0.15, 0.2) is 18.2 Å². The first kappa shape index (κ1) is 15.8. The van der Waals surface area contributed by atoms with Crippen LogP contribution >= 0.6 is 0 Å². The van der Waals surface area contributed by atoms with Crippen LogP contribution in [0.2, 0.25) is 0 Å². The maximum atomic E-state index is 13.6. The second-order valence-corrected chi connectivity index (χ2v) is 5.92. The van der Waals surface area contributed by atoms with Crippen LogP contribution in [-0.4, -0.2) is 24.5 Å². The number of rotatable bonds is 5. The van der Waals surface area contributed by atoms with E-state index in [0.29, 0.717) is 12.6 Å². The minimum Gasteiger partial charge on any atom is -0.368 e. The van der Waals surface area contributed by atoms with Crippen LogP contribution < -0.4 is 16.0 Å². The van der Waals surface area contributed by atoms with E-state index >= 15 is 0 Å². The second-order valence-electron chi connectivity index (χ2n) is 5.92. The predicted octanol–water partition coefficient (Wildman–Crippen LogP) is 2.17. The molecule has 0 aromatic heterocycles. The second kappa shape index (κ2) is 6.89. The van der Waals surface area contributed by atoms with E-state index in [1.165, 1.54) is 12.1 Å². The van der Waals surface area contributed by atoms with Crippen LogP contribution in [0.5, 0.6) is 0 Å². The highest BCUT2D eigenvalue weighted by Gasteiger charge is 2.28. The molecule has 4 nitrogen and oxygen atoms in total. The van der Waals surface area contributed by atoms with Crippen molar-refractivity contribution in [3.8, 4) is 0 Å². The fourth-order valence-corrected chi connectivity index (χ4v) is 2.81. The Morgan fingerprint density at radius 3 is 2.90 bits per heavy atom. The molecule has 3 N–H and O–H groups in total. The number of halogens is 1. The number of carbonyl (C=O) groups is 1. The summed E-state index contributed by atoms with van der Waals surface area (Å²) in [5.74, 6) is -0.561. The minimum absolute atomic E-state index is 0.257. The van der Waals surface area contributed by atoms with E-state index in [4.69, 9.17) is 5.73 Å². The number of primary amides is 1. The van der Waals surface area contributed by atoms with Crippen LogP contribution in [0.1, 0.15) is 38.7 Å². The highest BCUT2D eigenvalue weighted by Crippen LogP contribution is 2.28. The molecule has 2 rings (SSSR count). The zero-order chi connectivity index (χ0) is 15.4. The molecule has 1 aliphatic rings. The van der Waals surface area contributed by atoms with E-state index in [1.54, 1.807) is 6.07 Å².